The molecule has 0 unspecified atom stereocenters. The summed E-state index contributed by atoms with van der Waals surface area (Å²) in [5, 5.41) is 19.9. The van der Waals surface area contributed by atoms with Gasteiger partial charge in [0.1, 0.15) is 5.75 Å². The molecule has 1 aromatic heterocycles. The fourth-order valence-corrected chi connectivity index (χ4v) is 3.36. The molecule has 7 heteroatoms. The highest BCUT2D eigenvalue weighted by Gasteiger charge is 2.18. The molecule has 0 aliphatic heterocycles. The zero-order valence-electron chi connectivity index (χ0n) is 16.9. The molecular weight excluding hydrogens is 390 g/mol. The number of carbonyl (C=O) groups excluding carboxylic acids is 1. The minimum atomic E-state index is -0.545. The maximum Gasteiger partial charge on any atom is 0.302 e. The molecule has 0 aliphatic rings. The molecule has 2 aromatic carbocycles. The van der Waals surface area contributed by atoms with E-state index in [1.807, 2.05) is 32.0 Å². The van der Waals surface area contributed by atoms with Crippen LogP contribution in [0.2, 0.25) is 5.02 Å². The van der Waals surface area contributed by atoms with Crippen molar-refractivity contribution in [2.75, 3.05) is 6.61 Å². The molecule has 152 valence electrons. The van der Waals surface area contributed by atoms with Crippen molar-refractivity contribution >= 4 is 34.1 Å². The third-order valence-electron chi connectivity index (χ3n) is 4.46. The molecule has 1 amide bonds. The van der Waals surface area contributed by atoms with Crippen molar-refractivity contribution in [3.8, 4) is 11.6 Å². The third kappa shape index (κ3) is 4.77. The van der Waals surface area contributed by atoms with Crippen molar-refractivity contribution < 1.29 is 14.6 Å². The van der Waals surface area contributed by atoms with Gasteiger partial charge in [-0.3, -0.25) is 4.79 Å². The molecular formula is C22H24ClN3O3. The predicted molar refractivity (Wildman–Crippen MR) is 114 cm³/mol. The van der Waals surface area contributed by atoms with Crippen molar-refractivity contribution in [3.63, 3.8) is 0 Å². The van der Waals surface area contributed by atoms with Crippen LogP contribution in [-0.2, 0) is 11.3 Å². The summed E-state index contributed by atoms with van der Waals surface area (Å²) in [4.78, 5) is 12.2. The molecule has 3 rings (SSSR count). The van der Waals surface area contributed by atoms with Gasteiger partial charge in [-0.1, -0.05) is 37.1 Å². The molecule has 0 atom stereocenters. The number of carbonyl (C=O) groups is 1. The number of benzene rings is 2. The van der Waals surface area contributed by atoms with Crippen LogP contribution in [0.1, 0.15) is 25.0 Å². The number of ether oxygens (including phenoxy) is 1. The van der Waals surface area contributed by atoms with E-state index in [4.69, 9.17) is 16.3 Å². The monoisotopic (exact) mass is 413 g/mol. The van der Waals surface area contributed by atoms with Crippen LogP contribution in [0.4, 0.5) is 5.69 Å². The quantitative estimate of drug-likeness (QED) is 0.506. The first-order chi connectivity index (χ1) is 13.8. The summed E-state index contributed by atoms with van der Waals surface area (Å²) in [7, 11) is 0. The minimum absolute atomic E-state index is 0.00492. The van der Waals surface area contributed by atoms with Gasteiger partial charge >= 0.3 is 5.91 Å². The smallest absolute Gasteiger partial charge is 0.302 e. The van der Waals surface area contributed by atoms with Gasteiger partial charge in [0.25, 0.3) is 0 Å². The topological polar surface area (TPSA) is 76.2 Å². The molecule has 0 aliphatic carbocycles. The van der Waals surface area contributed by atoms with E-state index in [-0.39, 0.29) is 12.5 Å². The molecule has 0 saturated carbocycles. The van der Waals surface area contributed by atoms with E-state index in [0.717, 1.165) is 22.0 Å². The number of aryl methyl sites for hydroxylation is 2. The molecule has 0 bridgehead atoms. The summed E-state index contributed by atoms with van der Waals surface area (Å²) in [5.74, 6) is 0.353. The Hall–Kier alpha value is -2.86. The van der Waals surface area contributed by atoms with Gasteiger partial charge in [0.2, 0.25) is 5.88 Å². The molecule has 0 saturated heterocycles. The summed E-state index contributed by atoms with van der Waals surface area (Å²) in [6, 6.07) is 11.0. The lowest BCUT2D eigenvalue weighted by Crippen LogP contribution is -2.08. The SMILES string of the molecule is Cc1ccc2c(c1)c(N=NC(=O)COc1ccc(Cl)cc1C)c(O)n2CC(C)C. The first-order valence-electron chi connectivity index (χ1n) is 9.41. The lowest BCUT2D eigenvalue weighted by atomic mass is 10.1. The highest BCUT2D eigenvalue weighted by Crippen LogP contribution is 2.39. The molecule has 29 heavy (non-hydrogen) atoms. The fraction of sp³-hybridized carbons (Fsp3) is 0.318. The van der Waals surface area contributed by atoms with Gasteiger partial charge in [-0.15, -0.1) is 10.2 Å². The second kappa shape index (κ2) is 8.66. The molecule has 0 spiro atoms. The fourth-order valence-electron chi connectivity index (χ4n) is 3.13. The van der Waals surface area contributed by atoms with E-state index in [1.54, 1.807) is 22.8 Å². The van der Waals surface area contributed by atoms with Crippen molar-refractivity contribution in [1.29, 1.82) is 0 Å². The van der Waals surface area contributed by atoms with Crippen LogP contribution in [-0.4, -0.2) is 22.2 Å². The van der Waals surface area contributed by atoms with E-state index in [2.05, 4.69) is 24.1 Å². The highest BCUT2D eigenvalue weighted by molar-refractivity contribution is 6.30. The Bertz CT molecular complexity index is 1090. The van der Waals surface area contributed by atoms with Crippen LogP contribution in [0.3, 0.4) is 0 Å². The van der Waals surface area contributed by atoms with E-state index >= 15 is 0 Å². The number of hydrogen-bond acceptors (Lipinski definition) is 4. The van der Waals surface area contributed by atoms with Gasteiger partial charge in [0.15, 0.2) is 12.3 Å². The van der Waals surface area contributed by atoms with Crippen molar-refractivity contribution in [1.82, 2.24) is 4.57 Å². The number of nitrogens with zero attached hydrogens (tertiary/aromatic N) is 3. The highest BCUT2D eigenvalue weighted by atomic mass is 35.5. The molecule has 6 nitrogen and oxygen atoms in total. The van der Waals surface area contributed by atoms with Gasteiger partial charge in [-0.05, 0) is 55.7 Å². The average Bonchev–Trinajstić information content (AvgIpc) is 2.89. The number of amides is 1. The Kier molecular flexibility index (Phi) is 6.23. The van der Waals surface area contributed by atoms with Crippen molar-refractivity contribution in [3.05, 3.63) is 52.5 Å². The lowest BCUT2D eigenvalue weighted by Gasteiger charge is -2.09. The maximum atomic E-state index is 12.2. The first kappa shape index (κ1) is 20.9. The summed E-state index contributed by atoms with van der Waals surface area (Å²) < 4.78 is 7.30. The normalized spacial score (nSPS) is 11.7. The van der Waals surface area contributed by atoms with Gasteiger partial charge in [0.05, 0.1) is 5.52 Å². The second-order valence-electron chi connectivity index (χ2n) is 7.49. The maximum absolute atomic E-state index is 12.2. The number of aromatic nitrogens is 1. The van der Waals surface area contributed by atoms with Crippen molar-refractivity contribution in [2.24, 2.45) is 16.1 Å². The Morgan fingerprint density at radius 1 is 1.21 bits per heavy atom. The van der Waals surface area contributed by atoms with Gasteiger partial charge in [-0.2, -0.15) is 0 Å². The Balaban J connectivity index is 1.83. The summed E-state index contributed by atoms with van der Waals surface area (Å²) in [5.41, 5.74) is 3.01. The first-order valence-corrected chi connectivity index (χ1v) is 9.79. The van der Waals surface area contributed by atoms with Gasteiger partial charge < -0.3 is 14.4 Å². The van der Waals surface area contributed by atoms with Gasteiger partial charge in [0, 0.05) is 17.0 Å². The Morgan fingerprint density at radius 2 is 1.97 bits per heavy atom. The van der Waals surface area contributed by atoms with Crippen molar-refractivity contribution in [2.45, 2.75) is 34.2 Å². The Labute approximate surface area is 174 Å². The van der Waals surface area contributed by atoms with E-state index in [9.17, 15) is 9.90 Å². The lowest BCUT2D eigenvalue weighted by molar-refractivity contribution is -0.120. The minimum Gasteiger partial charge on any atom is -0.493 e. The largest absolute Gasteiger partial charge is 0.493 e. The van der Waals surface area contributed by atoms with Crippen LogP contribution in [0, 0.1) is 19.8 Å². The third-order valence-corrected chi connectivity index (χ3v) is 4.70. The second-order valence-corrected chi connectivity index (χ2v) is 7.93. The number of hydrogen-bond donors (Lipinski definition) is 1. The van der Waals surface area contributed by atoms with Crippen LogP contribution >= 0.6 is 11.6 Å². The number of azo groups is 1. The molecule has 0 radical (unpaired) electrons. The molecule has 0 fully saturated rings. The summed E-state index contributed by atoms with van der Waals surface area (Å²) >= 11 is 5.92. The van der Waals surface area contributed by atoms with Crippen LogP contribution in [0.5, 0.6) is 11.6 Å². The number of halogens is 1. The number of fused-ring (bicyclic) bond motifs is 1. The van der Waals surface area contributed by atoms with E-state index in [1.165, 1.54) is 0 Å². The molecule has 1 heterocycles. The van der Waals surface area contributed by atoms with E-state index in [0.29, 0.717) is 28.9 Å². The van der Waals surface area contributed by atoms with E-state index < -0.39 is 5.91 Å². The van der Waals surface area contributed by atoms with Gasteiger partial charge in [-0.25, -0.2) is 0 Å². The van der Waals surface area contributed by atoms with Crippen LogP contribution in [0.15, 0.2) is 46.6 Å². The molecule has 1 N–H and O–H groups in total. The zero-order valence-corrected chi connectivity index (χ0v) is 17.7. The standard InChI is InChI=1S/C22H24ClN3O3/c1-13(2)11-26-18-7-5-14(3)9-17(18)21(22(26)28)25-24-20(27)12-29-19-8-6-16(23)10-15(19)4/h5-10,13,28H,11-12H2,1-4H3. The average molecular weight is 414 g/mol. The number of aromatic hydroxyl groups is 1. The summed E-state index contributed by atoms with van der Waals surface area (Å²) in [6.07, 6.45) is 0. The van der Waals surface area contributed by atoms with Crippen LogP contribution < -0.4 is 4.74 Å². The summed E-state index contributed by atoms with van der Waals surface area (Å²) in [6.45, 7) is 8.33. The molecule has 3 aromatic rings. The predicted octanol–water partition coefficient (Wildman–Crippen LogP) is 5.96. The van der Waals surface area contributed by atoms with Crippen LogP contribution in [0.25, 0.3) is 10.9 Å². The zero-order chi connectivity index (χ0) is 21.1. The number of rotatable bonds is 6. The Morgan fingerprint density at radius 3 is 2.66 bits per heavy atom.